The summed E-state index contributed by atoms with van der Waals surface area (Å²) >= 11 is 5.94. The molecule has 3 nitrogen and oxygen atoms in total. The molecule has 24 heavy (non-hydrogen) atoms. The summed E-state index contributed by atoms with van der Waals surface area (Å²) in [5, 5.41) is 3.28. The molecule has 0 aliphatic heterocycles. The molecule has 3 aromatic rings. The van der Waals surface area contributed by atoms with Crippen molar-refractivity contribution in [2.75, 3.05) is 5.32 Å². The van der Waals surface area contributed by atoms with Crippen LogP contribution in [0.1, 0.15) is 11.1 Å². The lowest BCUT2D eigenvalue weighted by atomic mass is 10.1. The molecule has 0 aliphatic carbocycles. The summed E-state index contributed by atoms with van der Waals surface area (Å²) in [7, 11) is 0. The van der Waals surface area contributed by atoms with Gasteiger partial charge >= 0.3 is 6.18 Å². The number of pyridine rings is 2. The van der Waals surface area contributed by atoms with Crippen molar-refractivity contribution in [3.63, 3.8) is 0 Å². The van der Waals surface area contributed by atoms with Crippen LogP contribution in [0.3, 0.4) is 0 Å². The fourth-order valence-electron chi connectivity index (χ4n) is 2.33. The molecule has 1 N–H and O–H groups in total. The molecular weight excluding hydrogens is 339 g/mol. The zero-order valence-electron chi connectivity index (χ0n) is 12.4. The normalized spacial score (nSPS) is 11.7. The average molecular weight is 351 g/mol. The van der Waals surface area contributed by atoms with Crippen LogP contribution in [-0.2, 0) is 12.6 Å². The molecule has 0 saturated heterocycles. The second-order valence-corrected chi connectivity index (χ2v) is 5.50. The predicted molar refractivity (Wildman–Crippen MR) is 88.3 cm³/mol. The zero-order valence-corrected chi connectivity index (χ0v) is 13.1. The third-order valence-corrected chi connectivity index (χ3v) is 3.70. The highest BCUT2D eigenvalue weighted by molar-refractivity contribution is 6.29. The first-order valence-electron chi connectivity index (χ1n) is 7.06. The summed E-state index contributed by atoms with van der Waals surface area (Å²) in [5.41, 5.74) is 1.93. The maximum atomic E-state index is 12.9. The summed E-state index contributed by atoms with van der Waals surface area (Å²) in [6.45, 7) is 3.82. The molecule has 0 aliphatic rings. The van der Waals surface area contributed by atoms with Crippen molar-refractivity contribution in [1.29, 1.82) is 0 Å². The number of nitrogens with zero attached hydrogens (tertiary/aromatic N) is 2. The number of anilines is 2. The maximum Gasteiger partial charge on any atom is 0.416 e. The van der Waals surface area contributed by atoms with Crippen LogP contribution in [0.2, 0.25) is 5.15 Å². The second-order valence-electron chi connectivity index (χ2n) is 5.11. The smallest absolute Gasteiger partial charge is 0.353 e. The molecular formula is C17H12ClF3N3. The van der Waals surface area contributed by atoms with Crippen LogP contribution < -0.4 is 5.32 Å². The van der Waals surface area contributed by atoms with E-state index in [4.69, 9.17) is 11.6 Å². The Hall–Kier alpha value is -2.34. The number of hydrogen-bond acceptors (Lipinski definition) is 3. The van der Waals surface area contributed by atoms with Crippen LogP contribution >= 0.6 is 11.6 Å². The Morgan fingerprint density at radius 1 is 1.17 bits per heavy atom. The van der Waals surface area contributed by atoms with Gasteiger partial charge in [0.2, 0.25) is 0 Å². The van der Waals surface area contributed by atoms with E-state index in [0.717, 1.165) is 17.7 Å². The Bertz CT molecular complexity index is 894. The zero-order chi connectivity index (χ0) is 17.3. The molecule has 123 valence electrons. The van der Waals surface area contributed by atoms with E-state index in [1.54, 1.807) is 24.4 Å². The molecule has 2 heterocycles. The Morgan fingerprint density at radius 3 is 2.67 bits per heavy atom. The number of rotatable bonds is 3. The molecule has 0 amide bonds. The molecule has 7 heteroatoms. The maximum absolute atomic E-state index is 12.9. The molecule has 2 aromatic heterocycles. The molecule has 1 radical (unpaired) electrons. The average Bonchev–Trinajstić information content (AvgIpc) is 2.55. The van der Waals surface area contributed by atoms with Crippen LogP contribution in [0.5, 0.6) is 0 Å². The SMILES string of the molecule is [CH2]Cc1cnc2ccc(Cl)nc2c1Nc1cccc(C(F)(F)F)c1. The number of aromatic nitrogens is 2. The van der Waals surface area contributed by atoms with Crippen LogP contribution in [-0.4, -0.2) is 9.97 Å². The third kappa shape index (κ3) is 3.28. The van der Waals surface area contributed by atoms with Gasteiger partial charge in [-0.15, -0.1) is 0 Å². The summed E-state index contributed by atoms with van der Waals surface area (Å²) in [5.74, 6) is 0. The number of nitrogens with one attached hydrogen (secondary N) is 1. The quantitative estimate of drug-likeness (QED) is 0.641. The number of halogens is 4. The highest BCUT2D eigenvalue weighted by atomic mass is 35.5. The lowest BCUT2D eigenvalue weighted by Gasteiger charge is -2.15. The first kappa shape index (κ1) is 16.5. The molecule has 0 bridgehead atoms. The van der Waals surface area contributed by atoms with Gasteiger partial charge in [-0.3, -0.25) is 4.98 Å². The van der Waals surface area contributed by atoms with Gasteiger partial charge in [0.05, 0.1) is 16.8 Å². The second kappa shape index (κ2) is 6.28. The van der Waals surface area contributed by atoms with Gasteiger partial charge in [-0.25, -0.2) is 4.98 Å². The minimum absolute atomic E-state index is 0.276. The minimum Gasteiger partial charge on any atom is -0.353 e. The lowest BCUT2D eigenvalue weighted by Crippen LogP contribution is -2.06. The molecule has 1 aromatic carbocycles. The van der Waals surface area contributed by atoms with E-state index in [9.17, 15) is 13.2 Å². The Balaban J connectivity index is 2.11. The van der Waals surface area contributed by atoms with Gasteiger partial charge in [-0.05, 0) is 49.2 Å². The fourth-order valence-corrected chi connectivity index (χ4v) is 2.47. The largest absolute Gasteiger partial charge is 0.416 e. The molecule has 0 spiro atoms. The minimum atomic E-state index is -4.41. The van der Waals surface area contributed by atoms with E-state index in [0.29, 0.717) is 28.8 Å². The van der Waals surface area contributed by atoms with Gasteiger partial charge < -0.3 is 5.32 Å². The van der Waals surface area contributed by atoms with Gasteiger partial charge in [0.25, 0.3) is 0 Å². The van der Waals surface area contributed by atoms with E-state index in [1.165, 1.54) is 6.07 Å². The number of alkyl halides is 3. The predicted octanol–water partition coefficient (Wildman–Crippen LogP) is 5.42. The molecule has 0 saturated carbocycles. The molecule has 0 atom stereocenters. The van der Waals surface area contributed by atoms with E-state index < -0.39 is 11.7 Å². The monoisotopic (exact) mass is 350 g/mol. The Morgan fingerprint density at radius 2 is 1.96 bits per heavy atom. The van der Waals surface area contributed by atoms with Crippen molar-refractivity contribution < 1.29 is 13.2 Å². The number of benzene rings is 1. The summed E-state index contributed by atoms with van der Waals surface area (Å²) < 4.78 is 38.6. The fraction of sp³-hybridized carbons (Fsp3) is 0.118. The van der Waals surface area contributed by atoms with Gasteiger partial charge in [0, 0.05) is 11.9 Å². The van der Waals surface area contributed by atoms with Crippen LogP contribution in [0, 0.1) is 6.92 Å². The highest BCUT2D eigenvalue weighted by Gasteiger charge is 2.30. The Labute approximate surface area is 141 Å². The summed E-state index contributed by atoms with van der Waals surface area (Å²) in [6, 6.07) is 8.28. The Kier molecular flexibility index (Phi) is 4.32. The molecule has 3 rings (SSSR count). The number of hydrogen-bond donors (Lipinski definition) is 1. The topological polar surface area (TPSA) is 37.8 Å². The van der Waals surface area contributed by atoms with Gasteiger partial charge in [0.15, 0.2) is 0 Å². The van der Waals surface area contributed by atoms with Gasteiger partial charge in [-0.1, -0.05) is 17.7 Å². The van der Waals surface area contributed by atoms with Crippen molar-refractivity contribution in [3.05, 3.63) is 65.8 Å². The van der Waals surface area contributed by atoms with E-state index in [1.807, 2.05) is 0 Å². The molecule has 0 fully saturated rings. The first-order chi connectivity index (χ1) is 11.4. The van der Waals surface area contributed by atoms with Crippen LogP contribution in [0.25, 0.3) is 11.0 Å². The van der Waals surface area contributed by atoms with Crippen molar-refractivity contribution in [2.45, 2.75) is 12.6 Å². The third-order valence-electron chi connectivity index (χ3n) is 3.49. The van der Waals surface area contributed by atoms with Crippen molar-refractivity contribution in [2.24, 2.45) is 0 Å². The van der Waals surface area contributed by atoms with Crippen LogP contribution in [0.4, 0.5) is 24.5 Å². The van der Waals surface area contributed by atoms with Gasteiger partial charge in [0.1, 0.15) is 10.7 Å². The first-order valence-corrected chi connectivity index (χ1v) is 7.44. The van der Waals surface area contributed by atoms with Crippen molar-refractivity contribution in [1.82, 2.24) is 9.97 Å². The number of fused-ring (bicyclic) bond motifs is 1. The van der Waals surface area contributed by atoms with Crippen molar-refractivity contribution >= 4 is 34.0 Å². The standard InChI is InChI=1S/C17H12ClF3N3/c1-2-10-9-22-13-6-7-14(18)24-16(13)15(10)23-12-5-3-4-11(8-12)17(19,20)21/h3-9H,1-2H2,(H,22,23). The summed E-state index contributed by atoms with van der Waals surface area (Å²) in [4.78, 5) is 8.51. The van der Waals surface area contributed by atoms with E-state index >= 15 is 0 Å². The highest BCUT2D eigenvalue weighted by Crippen LogP contribution is 2.33. The summed E-state index contributed by atoms with van der Waals surface area (Å²) in [6.07, 6.45) is -2.38. The van der Waals surface area contributed by atoms with Gasteiger partial charge in [-0.2, -0.15) is 13.2 Å². The van der Waals surface area contributed by atoms with Crippen molar-refractivity contribution in [3.8, 4) is 0 Å². The lowest BCUT2D eigenvalue weighted by molar-refractivity contribution is -0.137. The molecule has 0 unspecified atom stereocenters. The van der Waals surface area contributed by atoms with E-state index in [2.05, 4.69) is 22.2 Å². The van der Waals surface area contributed by atoms with Crippen LogP contribution in [0.15, 0.2) is 42.6 Å². The van der Waals surface area contributed by atoms with E-state index in [-0.39, 0.29) is 5.15 Å².